The Morgan fingerprint density at radius 3 is 0.375 bits per heavy atom. The molecule has 48 valence electrons. The second-order valence-corrected chi connectivity index (χ2v) is 0. The van der Waals surface area contributed by atoms with Crippen molar-refractivity contribution in [2.45, 2.75) is 0 Å². The van der Waals surface area contributed by atoms with Crippen molar-refractivity contribution in [3.05, 3.63) is 0 Å². The van der Waals surface area contributed by atoms with E-state index in [9.17, 15) is 0 Å². The van der Waals surface area contributed by atoms with Crippen LogP contribution >= 0.6 is 0 Å². The van der Waals surface area contributed by atoms with Crippen LogP contribution in [0.25, 0.3) is 0 Å². The second-order valence-electron chi connectivity index (χ2n) is 0. The molecule has 0 saturated carbocycles. The Hall–Kier alpha value is 1.49. The van der Waals surface area contributed by atoms with Gasteiger partial charge in [0.2, 0.25) is 0 Å². The summed E-state index contributed by atoms with van der Waals surface area (Å²) < 4.78 is 0. The molecule has 0 rings (SSSR count). The molecule has 0 bridgehead atoms. The van der Waals surface area contributed by atoms with Gasteiger partial charge in [0.25, 0.3) is 0 Å². The summed E-state index contributed by atoms with van der Waals surface area (Å²) in [4.78, 5) is 0. The molecular formula is H6AlLaO6. The standard InChI is InChI=1S/Al.La.6H2O/h;;6*1H2/q2*+3;;;;;;/p-6. The molecule has 0 radical (unpaired) electrons. The van der Waals surface area contributed by atoms with Crippen LogP contribution in [0.1, 0.15) is 0 Å². The molecule has 0 aromatic heterocycles. The van der Waals surface area contributed by atoms with Crippen LogP contribution in [0.2, 0.25) is 0 Å². The Morgan fingerprint density at radius 2 is 0.375 bits per heavy atom. The number of hydrogen-bond donors (Lipinski definition) is 0. The Labute approximate surface area is 85.2 Å². The summed E-state index contributed by atoms with van der Waals surface area (Å²) in [6.45, 7) is 0. The third kappa shape index (κ3) is 142. The molecule has 0 saturated heterocycles. The average molecular weight is 268 g/mol. The molecule has 8 heteroatoms. The van der Waals surface area contributed by atoms with Gasteiger partial charge < -0.3 is 32.9 Å². The Bertz CT molecular complexity index is 8.49. The van der Waals surface area contributed by atoms with E-state index in [1.54, 1.807) is 0 Å². The first-order chi connectivity index (χ1) is 0. The van der Waals surface area contributed by atoms with Crippen LogP contribution in [-0.4, -0.2) is 50.2 Å². The summed E-state index contributed by atoms with van der Waals surface area (Å²) >= 11 is 0. The normalized spacial score (nSPS) is 0. The van der Waals surface area contributed by atoms with Crippen LogP contribution in [0.3, 0.4) is 0 Å². The quantitative estimate of drug-likeness (QED) is 0.484. The van der Waals surface area contributed by atoms with Gasteiger partial charge in [0.15, 0.2) is 0 Å². The molecule has 6 N–H and O–H groups in total. The fraction of sp³-hybridized carbons (Fsp3) is 0. The van der Waals surface area contributed by atoms with Crippen molar-refractivity contribution < 1.29 is 68.5 Å². The molecule has 0 aliphatic heterocycles. The van der Waals surface area contributed by atoms with Gasteiger partial charge in [-0.2, -0.15) is 0 Å². The molecule has 0 aromatic carbocycles. The summed E-state index contributed by atoms with van der Waals surface area (Å²) in [6, 6.07) is 0. The second kappa shape index (κ2) is 215. The van der Waals surface area contributed by atoms with Crippen LogP contribution in [0.4, 0.5) is 0 Å². The number of rotatable bonds is 0. The summed E-state index contributed by atoms with van der Waals surface area (Å²) in [6.07, 6.45) is 0. The van der Waals surface area contributed by atoms with Crippen LogP contribution in [-0.2, 0) is 0 Å². The van der Waals surface area contributed by atoms with Crippen LogP contribution < -0.4 is 0 Å². The first-order valence-corrected chi connectivity index (χ1v) is 0. The van der Waals surface area contributed by atoms with Crippen molar-refractivity contribution in [3.63, 3.8) is 0 Å². The van der Waals surface area contributed by atoms with E-state index in [0.29, 0.717) is 0 Å². The summed E-state index contributed by atoms with van der Waals surface area (Å²) in [5, 5.41) is 0. The minimum absolute atomic E-state index is 0. The van der Waals surface area contributed by atoms with Gasteiger partial charge in [0.1, 0.15) is 0 Å². The maximum atomic E-state index is 0. The average Bonchev–Trinajstić information content (AvgIpc) is 0. The molecule has 0 heterocycles. The molecule has 0 fully saturated rings. The molecule has 0 amide bonds. The fourth-order valence-electron chi connectivity index (χ4n) is 0. The number of hydrogen-bond acceptors (Lipinski definition) is 6. The van der Waals surface area contributed by atoms with Gasteiger partial charge in [-0.3, -0.25) is 0 Å². The minimum atomic E-state index is 0. The van der Waals surface area contributed by atoms with Crippen molar-refractivity contribution in [2.75, 3.05) is 0 Å². The van der Waals surface area contributed by atoms with E-state index in [1.165, 1.54) is 0 Å². The largest absolute Gasteiger partial charge is 3.00 e. The summed E-state index contributed by atoms with van der Waals surface area (Å²) in [5.74, 6) is 0. The molecule has 0 spiro atoms. The van der Waals surface area contributed by atoms with Crippen molar-refractivity contribution in [1.29, 1.82) is 0 Å². The zero-order chi connectivity index (χ0) is 0. The predicted octanol–water partition coefficient (Wildman–Crippen LogP) is -1.44. The van der Waals surface area contributed by atoms with E-state index in [0.717, 1.165) is 0 Å². The Balaban J connectivity index is 0. The van der Waals surface area contributed by atoms with Gasteiger partial charge in [-0.1, -0.05) is 0 Å². The van der Waals surface area contributed by atoms with Gasteiger partial charge in [0.05, 0.1) is 0 Å². The zero-order valence-corrected chi connectivity index (χ0v) is 8.62. The first-order valence-electron chi connectivity index (χ1n) is 0. The third-order valence-corrected chi connectivity index (χ3v) is 0. The topological polar surface area (TPSA) is 180 Å². The fourth-order valence-corrected chi connectivity index (χ4v) is 0. The third-order valence-electron chi connectivity index (χ3n) is 0. The smallest absolute Gasteiger partial charge is 0.870 e. The molecular weight excluding hydrogens is 262 g/mol. The molecule has 0 aliphatic rings. The first kappa shape index (κ1) is 309. The van der Waals surface area contributed by atoms with E-state index in [-0.39, 0.29) is 85.8 Å². The molecule has 8 heavy (non-hydrogen) atoms. The maximum absolute atomic E-state index is 0. The van der Waals surface area contributed by atoms with E-state index in [4.69, 9.17) is 0 Å². The Kier molecular flexibility index (Phi) is 8310. The van der Waals surface area contributed by atoms with Crippen molar-refractivity contribution >= 4 is 17.4 Å². The van der Waals surface area contributed by atoms with Crippen molar-refractivity contribution in [2.24, 2.45) is 0 Å². The van der Waals surface area contributed by atoms with Crippen LogP contribution in [0, 0.1) is 35.6 Å². The van der Waals surface area contributed by atoms with E-state index in [2.05, 4.69) is 0 Å². The summed E-state index contributed by atoms with van der Waals surface area (Å²) in [7, 11) is 0. The van der Waals surface area contributed by atoms with Crippen molar-refractivity contribution in [3.8, 4) is 0 Å². The van der Waals surface area contributed by atoms with Crippen LogP contribution in [0.15, 0.2) is 0 Å². The van der Waals surface area contributed by atoms with E-state index < -0.39 is 0 Å². The Morgan fingerprint density at radius 1 is 0.375 bits per heavy atom. The molecule has 0 aromatic rings. The predicted molar refractivity (Wildman–Crippen MR) is 17.4 cm³/mol. The molecule has 0 aliphatic carbocycles. The molecule has 0 atom stereocenters. The monoisotopic (exact) mass is 268 g/mol. The van der Waals surface area contributed by atoms with Crippen molar-refractivity contribution in [1.82, 2.24) is 0 Å². The maximum Gasteiger partial charge on any atom is 3.00 e. The van der Waals surface area contributed by atoms with Gasteiger partial charge in [-0.15, -0.1) is 0 Å². The zero-order valence-electron chi connectivity index (χ0n) is 3.84. The minimum Gasteiger partial charge on any atom is -0.870 e. The van der Waals surface area contributed by atoms with E-state index in [1.807, 2.05) is 0 Å². The van der Waals surface area contributed by atoms with Gasteiger partial charge in [0, 0.05) is 0 Å². The SMILES string of the molecule is [Al+3].[La+3].[OH-].[OH-].[OH-].[OH-].[OH-].[OH-]. The summed E-state index contributed by atoms with van der Waals surface area (Å²) in [5.41, 5.74) is 0. The molecule has 6 nitrogen and oxygen atoms in total. The van der Waals surface area contributed by atoms with E-state index >= 15 is 0 Å². The van der Waals surface area contributed by atoms with Gasteiger partial charge >= 0.3 is 53.0 Å². The van der Waals surface area contributed by atoms with Gasteiger partial charge in [-0.25, -0.2) is 0 Å². The van der Waals surface area contributed by atoms with Crippen LogP contribution in [0.5, 0.6) is 0 Å². The van der Waals surface area contributed by atoms with Gasteiger partial charge in [-0.05, 0) is 0 Å². The molecule has 0 unspecified atom stereocenters.